The van der Waals surface area contributed by atoms with Crippen LogP contribution in [0, 0.1) is 5.92 Å². The summed E-state index contributed by atoms with van der Waals surface area (Å²) in [4.78, 5) is 25.3. The van der Waals surface area contributed by atoms with Gasteiger partial charge >= 0.3 is 5.97 Å². The molecule has 9 nitrogen and oxygen atoms in total. The van der Waals surface area contributed by atoms with Crippen LogP contribution in [0.2, 0.25) is 5.15 Å². The van der Waals surface area contributed by atoms with Crippen LogP contribution in [-0.2, 0) is 19.6 Å². The molecule has 0 radical (unpaired) electrons. The summed E-state index contributed by atoms with van der Waals surface area (Å²) in [6, 6.07) is 14.6. The molecule has 0 aliphatic heterocycles. The number of hydrogen-bond donors (Lipinski definition) is 1. The standard InChI is InChI=1S/C15H14N2OS.C9H16O2.C8H11ClN2O2S.5CH4/c1-10(2)18-15-14(13-8-5-9-19-13)16-11-6-3-4-7-12(11)17-15;1-7(2)9(10)11-8-5-3-4-6-8;1-6(2)11-14(12,13)7-3-4-8(9)10-5-7;;;;;/h3-10H,1-2H3;7-8H,3-6H2,1-2H3;3-6,11H,1-2H3;5*1H4. The number of nitrogens with zero attached hydrogens (tertiary/aromatic N) is 3. The Kier molecular flexibility index (Phi) is 24.7. The molecule has 0 atom stereocenters. The van der Waals surface area contributed by atoms with Crippen molar-refractivity contribution in [2.45, 2.75) is 128 Å². The Labute approximate surface area is 306 Å². The Morgan fingerprint density at radius 1 is 0.878 bits per heavy atom. The third-order valence-corrected chi connectivity index (χ3v) is 8.84. The summed E-state index contributed by atoms with van der Waals surface area (Å²) in [7, 11) is -3.45. The van der Waals surface area contributed by atoms with E-state index in [0.717, 1.165) is 34.4 Å². The van der Waals surface area contributed by atoms with E-state index in [1.807, 2.05) is 69.5 Å². The van der Waals surface area contributed by atoms with Crippen molar-refractivity contribution < 1.29 is 22.7 Å². The van der Waals surface area contributed by atoms with Crippen LogP contribution >= 0.6 is 22.9 Å². The zero-order valence-electron chi connectivity index (χ0n) is 26.0. The predicted molar refractivity (Wildman–Crippen MR) is 210 cm³/mol. The second-order valence-corrected chi connectivity index (χ2v) is 14.1. The summed E-state index contributed by atoms with van der Waals surface area (Å²) in [6.45, 7) is 11.2. The molecular weight excluding hydrogens is 680 g/mol. The lowest BCUT2D eigenvalue weighted by Gasteiger charge is -2.12. The number of carbonyl (C=O) groups excluding carboxylic acids is 1. The maximum atomic E-state index is 11.6. The van der Waals surface area contributed by atoms with Crippen molar-refractivity contribution in [1.29, 1.82) is 0 Å². The number of sulfonamides is 1. The zero-order valence-corrected chi connectivity index (χ0v) is 28.4. The van der Waals surface area contributed by atoms with Crippen molar-refractivity contribution >= 4 is 50.0 Å². The van der Waals surface area contributed by atoms with Gasteiger partial charge in [-0.15, -0.1) is 11.3 Å². The molecule has 4 aromatic rings. The molecule has 278 valence electrons. The number of fused-ring (bicyclic) bond motifs is 1. The van der Waals surface area contributed by atoms with Gasteiger partial charge in [0.25, 0.3) is 0 Å². The average molecular weight is 742 g/mol. The van der Waals surface area contributed by atoms with E-state index in [1.165, 1.54) is 31.2 Å². The lowest BCUT2D eigenvalue weighted by atomic mass is 10.2. The molecule has 0 spiro atoms. The summed E-state index contributed by atoms with van der Waals surface area (Å²) in [5, 5.41) is 2.30. The van der Waals surface area contributed by atoms with E-state index < -0.39 is 10.0 Å². The number of ether oxygens (including phenoxy) is 2. The number of halogens is 1. The second kappa shape index (κ2) is 24.1. The molecule has 0 bridgehead atoms. The molecular formula is C37H61ClN4O5S2. The van der Waals surface area contributed by atoms with Gasteiger partial charge < -0.3 is 9.47 Å². The summed E-state index contributed by atoms with van der Waals surface area (Å²) in [5.74, 6) is 0.587. The minimum atomic E-state index is -3.45. The molecule has 3 aromatic heterocycles. The van der Waals surface area contributed by atoms with Gasteiger partial charge in [0, 0.05) is 12.2 Å². The number of rotatable bonds is 8. The Morgan fingerprint density at radius 2 is 1.47 bits per heavy atom. The third kappa shape index (κ3) is 16.4. The van der Waals surface area contributed by atoms with Crippen molar-refractivity contribution in [2.75, 3.05) is 0 Å². The smallest absolute Gasteiger partial charge is 0.308 e. The van der Waals surface area contributed by atoms with E-state index in [9.17, 15) is 13.2 Å². The summed E-state index contributed by atoms with van der Waals surface area (Å²) < 4.78 is 36.6. The number of carbonyl (C=O) groups is 1. The van der Waals surface area contributed by atoms with Gasteiger partial charge in [0.1, 0.15) is 21.8 Å². The first-order valence-electron chi connectivity index (χ1n) is 14.7. The average Bonchev–Trinajstić information content (AvgIpc) is 3.68. The van der Waals surface area contributed by atoms with Crippen LogP contribution in [0.15, 0.2) is 65.0 Å². The Morgan fingerprint density at radius 3 is 1.94 bits per heavy atom. The molecule has 5 rings (SSSR count). The van der Waals surface area contributed by atoms with Crippen molar-refractivity contribution in [3.63, 3.8) is 0 Å². The highest BCUT2D eigenvalue weighted by atomic mass is 35.5. The van der Waals surface area contributed by atoms with Gasteiger partial charge in [-0.2, -0.15) is 0 Å². The zero-order chi connectivity index (χ0) is 32.3. The van der Waals surface area contributed by atoms with Gasteiger partial charge in [0.15, 0.2) is 0 Å². The molecule has 1 fully saturated rings. The van der Waals surface area contributed by atoms with E-state index in [-0.39, 0.29) is 77.3 Å². The predicted octanol–water partition coefficient (Wildman–Crippen LogP) is 10.9. The number of hydrogen-bond acceptors (Lipinski definition) is 9. The molecule has 49 heavy (non-hydrogen) atoms. The topological polar surface area (TPSA) is 120 Å². The lowest BCUT2D eigenvalue weighted by molar-refractivity contribution is -0.152. The SMILES string of the molecule is C.C.C.C.C.CC(C)C(=O)OC1CCCC1.CC(C)NS(=O)(=O)c1ccc(Cl)nc1.CC(C)Oc1nc2ccccc2nc1-c1cccs1. The van der Waals surface area contributed by atoms with Crippen LogP contribution in [0.1, 0.15) is 104 Å². The van der Waals surface area contributed by atoms with Crippen molar-refractivity contribution in [2.24, 2.45) is 5.92 Å². The quantitative estimate of drug-likeness (QED) is 0.140. The minimum absolute atomic E-state index is 0. The summed E-state index contributed by atoms with van der Waals surface area (Å²) in [6.07, 6.45) is 6.11. The van der Waals surface area contributed by atoms with Crippen LogP contribution in [0.3, 0.4) is 0 Å². The van der Waals surface area contributed by atoms with Gasteiger partial charge in [-0.3, -0.25) is 4.79 Å². The molecule has 1 N–H and O–H groups in total. The van der Waals surface area contributed by atoms with E-state index in [2.05, 4.69) is 14.7 Å². The van der Waals surface area contributed by atoms with Gasteiger partial charge in [0.2, 0.25) is 15.9 Å². The number of benzene rings is 1. The molecule has 1 aromatic carbocycles. The molecule has 1 aliphatic rings. The van der Waals surface area contributed by atoms with Crippen molar-refractivity contribution in [1.82, 2.24) is 19.7 Å². The van der Waals surface area contributed by atoms with Crippen LogP contribution in [0.4, 0.5) is 0 Å². The molecule has 0 saturated heterocycles. The lowest BCUT2D eigenvalue weighted by Crippen LogP contribution is -2.30. The summed E-state index contributed by atoms with van der Waals surface area (Å²) >= 11 is 7.18. The van der Waals surface area contributed by atoms with Gasteiger partial charge in [-0.1, -0.05) is 80.8 Å². The van der Waals surface area contributed by atoms with Crippen LogP contribution in [-0.4, -0.2) is 47.6 Å². The number of esters is 1. The molecule has 3 heterocycles. The van der Waals surface area contributed by atoms with Crippen molar-refractivity contribution in [3.8, 4) is 16.5 Å². The Hall–Kier alpha value is -3.12. The summed E-state index contributed by atoms with van der Waals surface area (Å²) in [5.41, 5.74) is 2.57. The van der Waals surface area contributed by atoms with E-state index >= 15 is 0 Å². The van der Waals surface area contributed by atoms with E-state index in [1.54, 1.807) is 25.2 Å². The maximum Gasteiger partial charge on any atom is 0.308 e. The van der Waals surface area contributed by atoms with Crippen LogP contribution < -0.4 is 9.46 Å². The number of para-hydroxylation sites is 2. The highest BCUT2D eigenvalue weighted by molar-refractivity contribution is 7.89. The number of aromatic nitrogens is 3. The fourth-order valence-electron chi connectivity index (χ4n) is 4.07. The first-order valence-corrected chi connectivity index (χ1v) is 17.4. The van der Waals surface area contributed by atoms with Gasteiger partial charge in [0.05, 0.1) is 27.9 Å². The van der Waals surface area contributed by atoms with Crippen LogP contribution in [0.25, 0.3) is 21.6 Å². The van der Waals surface area contributed by atoms with Crippen molar-refractivity contribution in [3.05, 3.63) is 65.3 Å². The normalized spacial score (nSPS) is 12.0. The highest BCUT2D eigenvalue weighted by Gasteiger charge is 2.20. The van der Waals surface area contributed by atoms with E-state index in [4.69, 9.17) is 26.1 Å². The van der Waals surface area contributed by atoms with Gasteiger partial charge in [-0.25, -0.2) is 28.1 Å². The Bertz CT molecular complexity index is 1570. The first-order chi connectivity index (χ1) is 20.9. The first kappa shape index (κ1) is 50.3. The Balaban J connectivity index is -0.000000639. The van der Waals surface area contributed by atoms with Crippen LogP contribution in [0.5, 0.6) is 5.88 Å². The second-order valence-electron chi connectivity index (χ2n) is 11.1. The molecule has 1 saturated carbocycles. The number of pyridine rings is 1. The monoisotopic (exact) mass is 740 g/mol. The highest BCUT2D eigenvalue weighted by Crippen LogP contribution is 2.32. The number of nitrogens with one attached hydrogen (secondary N) is 1. The molecule has 1 aliphatic carbocycles. The fourth-order valence-corrected chi connectivity index (χ4v) is 6.08. The minimum Gasteiger partial charge on any atom is -0.473 e. The maximum absolute atomic E-state index is 11.6. The third-order valence-electron chi connectivity index (χ3n) is 6.10. The molecule has 12 heteroatoms. The fraction of sp³-hybridized carbons (Fsp3) is 0.514. The largest absolute Gasteiger partial charge is 0.473 e. The molecule has 0 amide bonds. The van der Waals surface area contributed by atoms with E-state index in [0.29, 0.717) is 5.88 Å². The number of thiophene rings is 1. The molecule has 0 unspecified atom stereocenters. The van der Waals surface area contributed by atoms with Gasteiger partial charge in [-0.05, 0) is 89.1 Å².